The highest BCUT2D eigenvalue weighted by Crippen LogP contribution is 2.27. The monoisotopic (exact) mass is 320 g/mol. The number of nitrogens with one attached hydrogen (secondary N) is 1. The Labute approximate surface area is 123 Å². The van der Waals surface area contributed by atoms with Crippen molar-refractivity contribution in [1.29, 1.82) is 0 Å². The molecule has 1 fully saturated rings. The van der Waals surface area contributed by atoms with Crippen LogP contribution in [0.5, 0.6) is 0 Å². The average Bonchev–Trinajstić information content (AvgIpc) is 2.43. The summed E-state index contributed by atoms with van der Waals surface area (Å²) >= 11 is 0. The number of amides is 1. The number of anilines is 1. The lowest BCUT2D eigenvalue weighted by Crippen LogP contribution is -2.59. The SMILES string of the molecule is CC(=O)N1C[C@H](Nc2cncc(C(F)(F)F)n2)[C@@H](O)[C@@H](O)C1. The van der Waals surface area contributed by atoms with Gasteiger partial charge >= 0.3 is 6.18 Å². The number of aliphatic hydroxyl groups excluding tert-OH is 2. The number of β-amino-alcohol motifs (C(OH)–C–C–N with tert-alkyl or cyclic N) is 1. The van der Waals surface area contributed by atoms with Gasteiger partial charge in [0.15, 0.2) is 5.69 Å². The Morgan fingerprint density at radius 1 is 1.36 bits per heavy atom. The number of carbonyl (C=O) groups is 1. The maximum Gasteiger partial charge on any atom is 0.434 e. The predicted molar refractivity (Wildman–Crippen MR) is 68.7 cm³/mol. The van der Waals surface area contributed by atoms with Gasteiger partial charge in [0.1, 0.15) is 11.9 Å². The molecule has 2 heterocycles. The van der Waals surface area contributed by atoms with E-state index in [-0.39, 0.29) is 24.8 Å². The molecule has 1 aliphatic rings. The van der Waals surface area contributed by atoms with Crippen molar-refractivity contribution in [3.05, 3.63) is 18.1 Å². The minimum Gasteiger partial charge on any atom is -0.388 e. The molecule has 0 spiro atoms. The maximum atomic E-state index is 12.6. The molecule has 1 amide bonds. The van der Waals surface area contributed by atoms with Crippen LogP contribution in [-0.4, -0.2) is 62.3 Å². The van der Waals surface area contributed by atoms with Gasteiger partial charge in [0.25, 0.3) is 0 Å². The van der Waals surface area contributed by atoms with Crippen molar-refractivity contribution in [3.8, 4) is 0 Å². The van der Waals surface area contributed by atoms with Gasteiger partial charge in [0.2, 0.25) is 5.91 Å². The number of aliphatic hydroxyl groups is 2. The fourth-order valence-corrected chi connectivity index (χ4v) is 2.17. The van der Waals surface area contributed by atoms with Crippen molar-refractivity contribution >= 4 is 11.7 Å². The highest BCUT2D eigenvalue weighted by Gasteiger charge is 2.37. The molecule has 0 aliphatic carbocycles. The minimum atomic E-state index is -4.64. The molecule has 122 valence electrons. The van der Waals surface area contributed by atoms with Crippen LogP contribution < -0.4 is 5.32 Å². The van der Waals surface area contributed by atoms with E-state index in [1.165, 1.54) is 11.8 Å². The molecule has 1 aromatic rings. The van der Waals surface area contributed by atoms with E-state index in [0.717, 1.165) is 6.20 Å². The number of alkyl halides is 3. The van der Waals surface area contributed by atoms with Crippen molar-refractivity contribution in [3.63, 3.8) is 0 Å². The van der Waals surface area contributed by atoms with Gasteiger partial charge in [-0.3, -0.25) is 9.78 Å². The van der Waals surface area contributed by atoms with Crippen molar-refractivity contribution < 1.29 is 28.2 Å². The predicted octanol–water partition coefficient (Wildman–Crippen LogP) is -0.140. The summed E-state index contributed by atoms with van der Waals surface area (Å²) in [6, 6.07) is -0.856. The van der Waals surface area contributed by atoms with E-state index in [0.29, 0.717) is 6.20 Å². The molecule has 2 rings (SSSR count). The summed E-state index contributed by atoms with van der Waals surface area (Å²) in [5.41, 5.74) is -1.17. The summed E-state index contributed by atoms with van der Waals surface area (Å²) in [5, 5.41) is 22.2. The topological polar surface area (TPSA) is 98.6 Å². The van der Waals surface area contributed by atoms with Crippen LogP contribution in [0.15, 0.2) is 12.4 Å². The molecule has 1 aromatic heterocycles. The van der Waals surface area contributed by atoms with Crippen molar-refractivity contribution in [2.75, 3.05) is 18.4 Å². The minimum absolute atomic E-state index is 0.0332. The Kier molecular flexibility index (Phi) is 4.52. The zero-order valence-electron chi connectivity index (χ0n) is 11.6. The molecule has 22 heavy (non-hydrogen) atoms. The van der Waals surface area contributed by atoms with Crippen LogP contribution in [0.3, 0.4) is 0 Å². The molecule has 0 bridgehead atoms. The summed E-state index contributed by atoms with van der Waals surface area (Å²) in [6.45, 7) is 1.29. The van der Waals surface area contributed by atoms with Gasteiger partial charge in [0.05, 0.1) is 24.5 Å². The zero-order chi connectivity index (χ0) is 16.5. The van der Waals surface area contributed by atoms with Crippen LogP contribution in [0.25, 0.3) is 0 Å². The number of aromatic nitrogens is 2. The number of carbonyl (C=O) groups excluding carboxylic acids is 1. The molecule has 0 saturated carbocycles. The van der Waals surface area contributed by atoms with Crippen molar-refractivity contribution in [2.45, 2.75) is 31.3 Å². The van der Waals surface area contributed by atoms with E-state index in [4.69, 9.17) is 0 Å². The van der Waals surface area contributed by atoms with Crippen LogP contribution in [0.4, 0.5) is 19.0 Å². The molecule has 3 atom stereocenters. The Morgan fingerprint density at radius 3 is 2.64 bits per heavy atom. The van der Waals surface area contributed by atoms with E-state index >= 15 is 0 Å². The number of likely N-dealkylation sites (tertiary alicyclic amines) is 1. The number of rotatable bonds is 2. The Bertz CT molecular complexity index is 555. The number of piperidine rings is 1. The molecular formula is C12H15F3N4O3. The maximum absolute atomic E-state index is 12.6. The summed E-state index contributed by atoms with van der Waals surface area (Å²) in [4.78, 5) is 19.5. The van der Waals surface area contributed by atoms with Gasteiger partial charge in [-0.1, -0.05) is 0 Å². The lowest BCUT2D eigenvalue weighted by Gasteiger charge is -2.39. The molecule has 1 saturated heterocycles. The van der Waals surface area contributed by atoms with E-state index in [2.05, 4.69) is 15.3 Å². The first-order valence-corrected chi connectivity index (χ1v) is 6.46. The van der Waals surface area contributed by atoms with Gasteiger partial charge < -0.3 is 20.4 Å². The molecule has 0 radical (unpaired) electrons. The fraction of sp³-hybridized carbons (Fsp3) is 0.583. The number of hydrogen-bond acceptors (Lipinski definition) is 6. The van der Waals surface area contributed by atoms with Gasteiger partial charge in [-0.05, 0) is 0 Å². The van der Waals surface area contributed by atoms with E-state index in [9.17, 15) is 28.2 Å². The smallest absolute Gasteiger partial charge is 0.388 e. The first-order chi connectivity index (χ1) is 10.2. The van der Waals surface area contributed by atoms with Crippen molar-refractivity contribution in [2.24, 2.45) is 0 Å². The van der Waals surface area contributed by atoms with E-state index in [1.54, 1.807) is 0 Å². The molecule has 0 aromatic carbocycles. The van der Waals surface area contributed by atoms with Crippen LogP contribution in [0.1, 0.15) is 12.6 Å². The quantitative estimate of drug-likeness (QED) is 0.701. The Hall–Kier alpha value is -1.94. The molecular weight excluding hydrogens is 305 g/mol. The molecule has 1 aliphatic heterocycles. The number of halogens is 3. The molecule has 0 unspecified atom stereocenters. The lowest BCUT2D eigenvalue weighted by molar-refractivity contribution is -0.141. The van der Waals surface area contributed by atoms with Crippen LogP contribution in [-0.2, 0) is 11.0 Å². The van der Waals surface area contributed by atoms with Gasteiger partial charge in [0, 0.05) is 20.0 Å². The van der Waals surface area contributed by atoms with Crippen molar-refractivity contribution in [1.82, 2.24) is 14.9 Å². The standard InChI is InChI=1S/C12H15F3N4O3/c1-6(20)19-4-7(11(22)8(21)5-19)17-10-3-16-2-9(18-10)12(13,14)15/h2-3,7-8,11,21-22H,4-5H2,1H3,(H,17,18)/t7-,8-,11+/m0/s1. The normalized spacial score (nSPS) is 25.9. The second-order valence-corrected chi connectivity index (χ2v) is 5.02. The Balaban J connectivity index is 2.16. The summed E-state index contributed by atoms with van der Waals surface area (Å²) in [7, 11) is 0. The van der Waals surface area contributed by atoms with Crippen LogP contribution in [0.2, 0.25) is 0 Å². The highest BCUT2D eigenvalue weighted by atomic mass is 19.4. The molecule has 10 heteroatoms. The second-order valence-electron chi connectivity index (χ2n) is 5.02. The first kappa shape index (κ1) is 16.4. The zero-order valence-corrected chi connectivity index (χ0v) is 11.6. The third-order valence-electron chi connectivity index (χ3n) is 3.33. The number of hydrogen-bond donors (Lipinski definition) is 3. The fourth-order valence-electron chi connectivity index (χ4n) is 2.17. The van der Waals surface area contributed by atoms with Gasteiger partial charge in [-0.15, -0.1) is 0 Å². The second kappa shape index (κ2) is 6.05. The lowest BCUT2D eigenvalue weighted by atomic mass is 9.99. The summed E-state index contributed by atoms with van der Waals surface area (Å²) in [6.07, 6.45) is -5.43. The van der Waals surface area contributed by atoms with E-state index in [1.807, 2.05) is 0 Å². The number of nitrogens with zero attached hydrogens (tertiary/aromatic N) is 3. The third kappa shape index (κ3) is 3.63. The molecule has 7 nitrogen and oxygen atoms in total. The average molecular weight is 320 g/mol. The summed E-state index contributed by atoms with van der Waals surface area (Å²) in [5.74, 6) is -0.510. The first-order valence-electron chi connectivity index (χ1n) is 6.46. The molecule has 3 N–H and O–H groups in total. The van der Waals surface area contributed by atoms with Gasteiger partial charge in [-0.25, -0.2) is 4.98 Å². The van der Waals surface area contributed by atoms with Crippen LogP contribution >= 0.6 is 0 Å². The van der Waals surface area contributed by atoms with Crippen LogP contribution in [0, 0.1) is 0 Å². The largest absolute Gasteiger partial charge is 0.434 e. The summed E-state index contributed by atoms with van der Waals surface area (Å²) < 4.78 is 37.7. The highest BCUT2D eigenvalue weighted by molar-refractivity contribution is 5.73. The third-order valence-corrected chi connectivity index (χ3v) is 3.33. The van der Waals surface area contributed by atoms with E-state index < -0.39 is 30.1 Å². The Morgan fingerprint density at radius 2 is 2.05 bits per heavy atom. The van der Waals surface area contributed by atoms with Gasteiger partial charge in [-0.2, -0.15) is 13.2 Å².